The molecule has 1 aliphatic rings. The summed E-state index contributed by atoms with van der Waals surface area (Å²) in [5.41, 5.74) is 1.59. The van der Waals surface area contributed by atoms with Crippen molar-refractivity contribution in [3.63, 3.8) is 0 Å². The lowest BCUT2D eigenvalue weighted by Crippen LogP contribution is -2.46. The lowest BCUT2D eigenvalue weighted by Gasteiger charge is -2.46. The van der Waals surface area contributed by atoms with E-state index in [0.717, 1.165) is 23.6 Å². The van der Waals surface area contributed by atoms with Gasteiger partial charge in [-0.05, 0) is 55.0 Å². The molecule has 0 aliphatic carbocycles. The number of carbonyl (C=O) groups excluding carboxylic acids is 1. The molecule has 1 saturated heterocycles. The van der Waals surface area contributed by atoms with Crippen molar-refractivity contribution in [3.05, 3.63) is 65.5 Å². The Labute approximate surface area is 274 Å². The minimum absolute atomic E-state index is 0.0651. The molecule has 2 heterocycles. The second-order valence-electron chi connectivity index (χ2n) is 11.8. The lowest BCUT2D eigenvalue weighted by molar-refractivity contribution is -0.0784. The van der Waals surface area contributed by atoms with Gasteiger partial charge in [0.25, 0.3) is 5.91 Å². The van der Waals surface area contributed by atoms with E-state index in [0.29, 0.717) is 83.5 Å². The fourth-order valence-corrected chi connectivity index (χ4v) is 7.37. The maximum Gasteiger partial charge on any atom is 0.254 e. The van der Waals surface area contributed by atoms with Crippen LogP contribution in [0, 0.1) is 0 Å². The molecule has 3 unspecified atom stereocenters. The first kappa shape index (κ1) is 38.0. The van der Waals surface area contributed by atoms with Gasteiger partial charge in [-0.3, -0.25) is 9.78 Å². The van der Waals surface area contributed by atoms with Crippen LogP contribution in [0.4, 0.5) is 0 Å². The second-order valence-corrected chi connectivity index (χ2v) is 15.5. The fraction of sp³-hybridized carbons (Fsp3) is 0.625. The van der Waals surface area contributed by atoms with E-state index in [1.165, 1.54) is 0 Å². The van der Waals surface area contributed by atoms with Crippen molar-refractivity contribution in [3.8, 4) is 0 Å². The van der Waals surface area contributed by atoms with E-state index in [4.69, 9.17) is 14.2 Å². The minimum Gasteiger partial charge on any atom is -0.385 e. The van der Waals surface area contributed by atoms with Crippen molar-refractivity contribution < 1.29 is 35.8 Å². The van der Waals surface area contributed by atoms with E-state index in [-0.39, 0.29) is 24.3 Å². The van der Waals surface area contributed by atoms with Crippen molar-refractivity contribution >= 4 is 26.0 Å². The molecule has 0 bridgehead atoms. The van der Waals surface area contributed by atoms with E-state index in [1.54, 1.807) is 25.3 Å². The van der Waals surface area contributed by atoms with Gasteiger partial charge in [0, 0.05) is 83.2 Å². The van der Waals surface area contributed by atoms with Gasteiger partial charge in [-0.15, -0.1) is 0 Å². The average Bonchev–Trinajstić information content (AvgIpc) is 3.04. The summed E-state index contributed by atoms with van der Waals surface area (Å²) in [6, 6.07) is 11.5. The van der Waals surface area contributed by atoms with Crippen molar-refractivity contribution in [1.82, 2.24) is 19.3 Å². The molecule has 258 valence electrons. The summed E-state index contributed by atoms with van der Waals surface area (Å²) < 4.78 is 70.0. The number of hydrogen-bond donors (Lipinski definition) is 2. The van der Waals surface area contributed by atoms with E-state index in [9.17, 15) is 21.6 Å². The standard InChI is InChI=1S/C32H50N4O8S2/c1-42-21-15-32(43-2,30(28-12-8-16-33-25-28)13-5-6-17-34-45(3,38)39)29(14-9-18-35-46(4,40)41)26-10-7-11-27(24-26)31(37)36-19-22-44-23-20-36/h7-8,10-12,16,24-25,29-30,34-35H,5-6,9,13-15,17-23H2,1-4H3. The smallest absolute Gasteiger partial charge is 0.254 e. The summed E-state index contributed by atoms with van der Waals surface area (Å²) in [6.45, 7) is 3.01. The molecule has 1 amide bonds. The van der Waals surface area contributed by atoms with Gasteiger partial charge in [-0.2, -0.15) is 0 Å². The molecule has 1 fully saturated rings. The predicted molar refractivity (Wildman–Crippen MR) is 178 cm³/mol. The number of amides is 1. The van der Waals surface area contributed by atoms with Crippen molar-refractivity contribution in [2.75, 3.05) is 72.7 Å². The first-order chi connectivity index (χ1) is 21.9. The fourth-order valence-electron chi connectivity index (χ4n) is 6.34. The highest BCUT2D eigenvalue weighted by Crippen LogP contribution is 2.49. The van der Waals surface area contributed by atoms with Crippen LogP contribution >= 0.6 is 0 Å². The van der Waals surface area contributed by atoms with Crippen molar-refractivity contribution in [2.45, 2.75) is 56.0 Å². The number of rotatable bonds is 20. The number of benzene rings is 1. The normalized spacial score (nSPS) is 16.9. The molecule has 2 aromatic rings. The number of unbranched alkanes of at least 4 members (excludes halogenated alkanes) is 1. The molecule has 1 aromatic carbocycles. The third-order valence-corrected chi connectivity index (χ3v) is 9.95. The maximum atomic E-state index is 13.6. The summed E-state index contributed by atoms with van der Waals surface area (Å²) in [5, 5.41) is 0. The van der Waals surface area contributed by atoms with Gasteiger partial charge in [0.05, 0.1) is 31.3 Å². The zero-order chi connectivity index (χ0) is 33.6. The number of sulfonamides is 2. The number of aromatic nitrogens is 1. The van der Waals surface area contributed by atoms with Crippen LogP contribution in [-0.4, -0.2) is 111 Å². The Morgan fingerprint density at radius 2 is 1.57 bits per heavy atom. The van der Waals surface area contributed by atoms with E-state index in [2.05, 4.69) is 14.4 Å². The Morgan fingerprint density at radius 3 is 2.17 bits per heavy atom. The van der Waals surface area contributed by atoms with Crippen molar-refractivity contribution in [1.29, 1.82) is 0 Å². The quantitative estimate of drug-likeness (QED) is 0.201. The molecule has 3 rings (SSSR count). The number of nitrogens with zero attached hydrogens (tertiary/aromatic N) is 2. The SMILES string of the molecule is COCCC(OC)(C(CCCCNS(C)(=O)=O)c1cccnc1)C(CCCNS(C)(=O)=O)c1cccc(C(=O)N2CCOCC2)c1. The highest BCUT2D eigenvalue weighted by Gasteiger charge is 2.46. The van der Waals surface area contributed by atoms with Gasteiger partial charge >= 0.3 is 0 Å². The van der Waals surface area contributed by atoms with Gasteiger partial charge in [-0.1, -0.05) is 24.6 Å². The molecule has 1 aliphatic heterocycles. The van der Waals surface area contributed by atoms with Gasteiger partial charge in [-0.25, -0.2) is 26.3 Å². The predicted octanol–water partition coefficient (Wildman–Crippen LogP) is 2.89. The van der Waals surface area contributed by atoms with Crippen LogP contribution < -0.4 is 9.44 Å². The number of methoxy groups -OCH3 is 2. The number of pyridine rings is 1. The first-order valence-corrected chi connectivity index (χ1v) is 19.5. The van der Waals surface area contributed by atoms with Gasteiger partial charge in [0.1, 0.15) is 0 Å². The van der Waals surface area contributed by atoms with Gasteiger partial charge in [0.15, 0.2) is 0 Å². The number of ether oxygens (including phenoxy) is 3. The molecular formula is C32H50N4O8S2. The van der Waals surface area contributed by atoms with Crippen LogP contribution in [0.3, 0.4) is 0 Å². The molecule has 0 radical (unpaired) electrons. The number of hydrogen-bond acceptors (Lipinski definition) is 9. The molecular weight excluding hydrogens is 633 g/mol. The second kappa shape index (κ2) is 18.2. The van der Waals surface area contributed by atoms with Crippen LogP contribution in [0.1, 0.15) is 71.8 Å². The van der Waals surface area contributed by atoms with Crippen molar-refractivity contribution in [2.24, 2.45) is 0 Å². The van der Waals surface area contributed by atoms with Gasteiger partial charge < -0.3 is 19.1 Å². The summed E-state index contributed by atoms with van der Waals surface area (Å²) >= 11 is 0. The summed E-state index contributed by atoms with van der Waals surface area (Å²) in [7, 11) is -3.35. The van der Waals surface area contributed by atoms with E-state index < -0.39 is 25.6 Å². The summed E-state index contributed by atoms with van der Waals surface area (Å²) in [4.78, 5) is 19.8. The molecule has 3 atom stereocenters. The van der Waals surface area contributed by atoms with E-state index in [1.807, 2.05) is 42.6 Å². The molecule has 2 N–H and O–H groups in total. The largest absolute Gasteiger partial charge is 0.385 e. The minimum atomic E-state index is -3.38. The number of nitrogens with one attached hydrogen (secondary N) is 2. The molecule has 0 saturated carbocycles. The topological polar surface area (TPSA) is 153 Å². The molecule has 46 heavy (non-hydrogen) atoms. The molecule has 12 nitrogen and oxygen atoms in total. The number of carbonyl (C=O) groups is 1. The van der Waals surface area contributed by atoms with Gasteiger partial charge in [0.2, 0.25) is 20.0 Å². The highest BCUT2D eigenvalue weighted by molar-refractivity contribution is 7.89. The Balaban J connectivity index is 2.08. The zero-order valence-electron chi connectivity index (χ0n) is 27.4. The van der Waals surface area contributed by atoms with Crippen LogP contribution in [0.15, 0.2) is 48.8 Å². The average molecular weight is 683 g/mol. The lowest BCUT2D eigenvalue weighted by atomic mass is 9.66. The van der Waals surface area contributed by atoms with Crippen LogP contribution in [-0.2, 0) is 34.3 Å². The van der Waals surface area contributed by atoms with Crippen LogP contribution in [0.25, 0.3) is 0 Å². The molecule has 0 spiro atoms. The summed E-state index contributed by atoms with van der Waals surface area (Å²) in [6.07, 6.45) is 9.42. The number of morpholine rings is 1. The first-order valence-electron chi connectivity index (χ1n) is 15.7. The zero-order valence-corrected chi connectivity index (χ0v) is 29.1. The molecule has 14 heteroatoms. The Hall–Kier alpha value is -2.46. The highest BCUT2D eigenvalue weighted by atomic mass is 32.2. The Morgan fingerprint density at radius 1 is 0.935 bits per heavy atom. The third-order valence-electron chi connectivity index (χ3n) is 8.50. The van der Waals surface area contributed by atoms with Crippen LogP contribution in [0.2, 0.25) is 0 Å². The van der Waals surface area contributed by atoms with Crippen LogP contribution in [0.5, 0.6) is 0 Å². The Bertz CT molecular complexity index is 1440. The Kier molecular flexibility index (Phi) is 15.0. The molecule has 1 aromatic heterocycles. The third kappa shape index (κ3) is 11.7. The monoisotopic (exact) mass is 682 g/mol. The summed E-state index contributed by atoms with van der Waals surface area (Å²) in [5.74, 6) is -0.526. The maximum absolute atomic E-state index is 13.6. The van der Waals surface area contributed by atoms with E-state index >= 15 is 0 Å².